The molecule has 2 heterocycles. The van der Waals surface area contributed by atoms with E-state index in [-0.39, 0.29) is 0 Å². The number of unbranched alkanes of at least 4 members (excludes halogenated alkanes) is 1. The molecular formula is C10H14N4S. The van der Waals surface area contributed by atoms with Crippen LogP contribution in [0.1, 0.15) is 18.7 Å². The molecule has 0 unspecified atom stereocenters. The van der Waals surface area contributed by atoms with E-state index in [1.165, 1.54) is 0 Å². The highest BCUT2D eigenvalue weighted by molar-refractivity contribution is 7.13. The molecule has 2 aromatic rings. The highest BCUT2D eigenvalue weighted by Gasteiger charge is 2.04. The molecular weight excluding hydrogens is 208 g/mol. The first-order valence-electron chi connectivity index (χ1n) is 5.04. The van der Waals surface area contributed by atoms with E-state index in [9.17, 15) is 0 Å². The zero-order valence-electron chi connectivity index (χ0n) is 8.44. The number of imidazole rings is 1. The smallest absolute Gasteiger partial charge is 0.141 e. The zero-order valence-corrected chi connectivity index (χ0v) is 9.26. The van der Waals surface area contributed by atoms with Gasteiger partial charge in [0.05, 0.1) is 11.9 Å². The molecule has 0 atom stereocenters. The molecule has 0 fully saturated rings. The Labute approximate surface area is 92.6 Å². The Morgan fingerprint density at radius 3 is 3.00 bits per heavy atom. The molecule has 5 heteroatoms. The maximum Gasteiger partial charge on any atom is 0.141 e. The number of thiazole rings is 1. The molecule has 0 bridgehead atoms. The van der Waals surface area contributed by atoms with E-state index in [1.54, 1.807) is 17.5 Å². The summed E-state index contributed by atoms with van der Waals surface area (Å²) >= 11 is 1.62. The molecule has 2 rings (SSSR count). The second-order valence-corrected chi connectivity index (χ2v) is 4.22. The van der Waals surface area contributed by atoms with Crippen molar-refractivity contribution < 1.29 is 0 Å². The quantitative estimate of drug-likeness (QED) is 0.758. The predicted octanol–water partition coefficient (Wildman–Crippen LogP) is 1.81. The number of nitrogens with zero attached hydrogens (tertiary/aromatic N) is 2. The molecule has 0 aliphatic carbocycles. The fraction of sp³-hybridized carbons (Fsp3) is 0.400. The topological polar surface area (TPSA) is 67.6 Å². The summed E-state index contributed by atoms with van der Waals surface area (Å²) in [7, 11) is 0. The van der Waals surface area contributed by atoms with Crippen LogP contribution >= 0.6 is 11.3 Å². The number of H-pyrrole nitrogens is 1. The fourth-order valence-electron chi connectivity index (χ4n) is 1.39. The van der Waals surface area contributed by atoms with Gasteiger partial charge < -0.3 is 10.7 Å². The maximum absolute atomic E-state index is 5.44. The van der Waals surface area contributed by atoms with Gasteiger partial charge in [0.1, 0.15) is 10.8 Å². The number of aryl methyl sites for hydroxylation is 1. The van der Waals surface area contributed by atoms with Crippen LogP contribution in [0.15, 0.2) is 17.8 Å². The van der Waals surface area contributed by atoms with E-state index in [1.807, 2.05) is 11.6 Å². The Hall–Kier alpha value is -1.20. The van der Waals surface area contributed by atoms with Crippen molar-refractivity contribution in [1.82, 2.24) is 15.0 Å². The molecule has 0 aromatic carbocycles. The number of hydrogen-bond acceptors (Lipinski definition) is 4. The highest BCUT2D eigenvalue weighted by atomic mass is 32.1. The van der Waals surface area contributed by atoms with E-state index in [0.29, 0.717) is 0 Å². The Kier molecular flexibility index (Phi) is 3.47. The van der Waals surface area contributed by atoms with Gasteiger partial charge in [0.2, 0.25) is 0 Å². The first-order valence-corrected chi connectivity index (χ1v) is 5.92. The first-order chi connectivity index (χ1) is 7.40. The zero-order chi connectivity index (χ0) is 10.5. The summed E-state index contributed by atoms with van der Waals surface area (Å²) in [5.74, 6) is 1.02. The van der Waals surface area contributed by atoms with Crippen LogP contribution in [-0.2, 0) is 6.42 Å². The van der Waals surface area contributed by atoms with E-state index >= 15 is 0 Å². The van der Waals surface area contributed by atoms with Gasteiger partial charge in [-0.3, -0.25) is 0 Å². The van der Waals surface area contributed by atoms with E-state index in [2.05, 4.69) is 15.0 Å². The third kappa shape index (κ3) is 2.64. The van der Waals surface area contributed by atoms with Crippen LogP contribution in [0.25, 0.3) is 10.7 Å². The van der Waals surface area contributed by atoms with Crippen LogP contribution in [0.5, 0.6) is 0 Å². The largest absolute Gasteiger partial charge is 0.340 e. The summed E-state index contributed by atoms with van der Waals surface area (Å²) in [4.78, 5) is 11.8. The van der Waals surface area contributed by atoms with Crippen LogP contribution in [0.4, 0.5) is 0 Å². The van der Waals surface area contributed by atoms with Crippen LogP contribution in [0.3, 0.4) is 0 Å². The summed E-state index contributed by atoms with van der Waals surface area (Å²) in [5, 5.41) is 2.96. The van der Waals surface area contributed by atoms with Crippen LogP contribution in [-0.4, -0.2) is 21.5 Å². The lowest BCUT2D eigenvalue weighted by Crippen LogP contribution is -1.99. The molecule has 15 heavy (non-hydrogen) atoms. The molecule has 0 saturated heterocycles. The molecule has 0 radical (unpaired) electrons. The third-order valence-corrected chi connectivity index (χ3v) is 2.97. The number of rotatable bonds is 5. The van der Waals surface area contributed by atoms with E-state index in [4.69, 9.17) is 5.73 Å². The molecule has 0 aliphatic rings. The molecule has 2 aromatic heterocycles. The number of nitrogens with one attached hydrogen (secondary N) is 1. The average Bonchev–Trinajstić information content (AvgIpc) is 2.87. The highest BCUT2D eigenvalue weighted by Crippen LogP contribution is 2.19. The Morgan fingerprint density at radius 2 is 2.27 bits per heavy atom. The summed E-state index contributed by atoms with van der Waals surface area (Å²) in [6.45, 7) is 0.750. The van der Waals surface area contributed by atoms with Crippen molar-refractivity contribution in [2.45, 2.75) is 19.3 Å². The molecule has 0 aliphatic heterocycles. The minimum absolute atomic E-state index is 0.750. The van der Waals surface area contributed by atoms with E-state index in [0.717, 1.165) is 42.3 Å². The van der Waals surface area contributed by atoms with Crippen molar-refractivity contribution in [3.8, 4) is 10.7 Å². The monoisotopic (exact) mass is 222 g/mol. The molecule has 3 N–H and O–H groups in total. The lowest BCUT2D eigenvalue weighted by Gasteiger charge is -1.94. The fourth-order valence-corrected chi connectivity index (χ4v) is 1.99. The van der Waals surface area contributed by atoms with Gasteiger partial charge in [0.25, 0.3) is 0 Å². The minimum atomic E-state index is 0.750. The Morgan fingerprint density at radius 1 is 1.33 bits per heavy atom. The second kappa shape index (κ2) is 5.04. The van der Waals surface area contributed by atoms with Crippen molar-refractivity contribution in [3.05, 3.63) is 23.6 Å². The van der Waals surface area contributed by atoms with Gasteiger partial charge in [-0.25, -0.2) is 9.97 Å². The molecule has 0 spiro atoms. The molecule has 0 amide bonds. The van der Waals surface area contributed by atoms with Gasteiger partial charge in [-0.15, -0.1) is 11.3 Å². The van der Waals surface area contributed by atoms with Crippen molar-refractivity contribution in [2.24, 2.45) is 5.73 Å². The molecule has 4 nitrogen and oxygen atoms in total. The minimum Gasteiger partial charge on any atom is -0.340 e. The molecule has 80 valence electrons. The maximum atomic E-state index is 5.44. The van der Waals surface area contributed by atoms with Crippen LogP contribution in [0, 0.1) is 0 Å². The normalized spacial score (nSPS) is 10.7. The average molecular weight is 222 g/mol. The van der Waals surface area contributed by atoms with Gasteiger partial charge in [-0.2, -0.15) is 0 Å². The number of aromatic amines is 1. The summed E-state index contributed by atoms with van der Waals surface area (Å²) < 4.78 is 0. The lowest BCUT2D eigenvalue weighted by molar-refractivity contribution is 0.723. The second-order valence-electron chi connectivity index (χ2n) is 3.33. The third-order valence-electron chi connectivity index (χ3n) is 2.16. The van der Waals surface area contributed by atoms with Crippen molar-refractivity contribution in [2.75, 3.05) is 6.54 Å². The van der Waals surface area contributed by atoms with Crippen molar-refractivity contribution in [1.29, 1.82) is 0 Å². The van der Waals surface area contributed by atoms with Crippen molar-refractivity contribution in [3.63, 3.8) is 0 Å². The van der Waals surface area contributed by atoms with Gasteiger partial charge in [0.15, 0.2) is 0 Å². The van der Waals surface area contributed by atoms with Crippen LogP contribution in [0.2, 0.25) is 0 Å². The Balaban J connectivity index is 1.98. The van der Waals surface area contributed by atoms with Crippen LogP contribution < -0.4 is 5.73 Å². The van der Waals surface area contributed by atoms with Gasteiger partial charge in [0, 0.05) is 18.0 Å². The Bertz CT molecular complexity index is 393. The standard InChI is InChI=1S/C10H14N4S/c11-4-2-1-3-9-13-7-8(14-9)10-12-5-6-15-10/h5-7H,1-4,11H2,(H,13,14). The van der Waals surface area contributed by atoms with Gasteiger partial charge in [-0.1, -0.05) is 0 Å². The van der Waals surface area contributed by atoms with Crippen molar-refractivity contribution >= 4 is 11.3 Å². The lowest BCUT2D eigenvalue weighted by atomic mass is 10.2. The van der Waals surface area contributed by atoms with E-state index < -0.39 is 0 Å². The number of aromatic nitrogens is 3. The predicted molar refractivity (Wildman–Crippen MR) is 61.7 cm³/mol. The summed E-state index contributed by atoms with van der Waals surface area (Å²) in [5.41, 5.74) is 6.44. The summed E-state index contributed by atoms with van der Waals surface area (Å²) in [6, 6.07) is 0. The van der Waals surface area contributed by atoms with Gasteiger partial charge >= 0.3 is 0 Å². The SMILES string of the molecule is NCCCCc1ncc(-c2nccs2)[nH]1. The van der Waals surface area contributed by atoms with Gasteiger partial charge in [-0.05, 0) is 19.4 Å². The molecule has 0 saturated carbocycles. The number of nitrogens with two attached hydrogens (primary N) is 1. The summed E-state index contributed by atoms with van der Waals surface area (Å²) in [6.07, 6.45) is 6.74. The first kappa shape index (κ1) is 10.3. The number of hydrogen-bond donors (Lipinski definition) is 2.